The van der Waals surface area contributed by atoms with Gasteiger partial charge >= 0.3 is 0 Å². The van der Waals surface area contributed by atoms with E-state index in [4.69, 9.17) is 4.74 Å². The first-order valence-electron chi connectivity index (χ1n) is 8.68. The zero-order valence-corrected chi connectivity index (χ0v) is 15.0. The summed E-state index contributed by atoms with van der Waals surface area (Å²) in [6.45, 7) is 0.786. The third-order valence-corrected chi connectivity index (χ3v) is 4.13. The van der Waals surface area contributed by atoms with Crippen molar-refractivity contribution >= 4 is 17.3 Å². The molecule has 0 aliphatic rings. The Balaban J connectivity index is 1.51. The molecule has 0 heterocycles. The molecule has 0 radical (unpaired) electrons. The average molecular weight is 364 g/mol. The molecule has 3 rings (SSSR count). The van der Waals surface area contributed by atoms with Gasteiger partial charge in [-0.1, -0.05) is 12.1 Å². The Labute approximate surface area is 158 Å². The second-order valence-electron chi connectivity index (χ2n) is 6.07. The van der Waals surface area contributed by atoms with E-state index in [2.05, 4.69) is 16.7 Å². The van der Waals surface area contributed by atoms with Crippen LogP contribution in [0.3, 0.4) is 0 Å². The van der Waals surface area contributed by atoms with Crippen molar-refractivity contribution in [3.05, 3.63) is 89.7 Å². The minimum absolute atomic E-state index is 0.270. The fraction of sp³-hybridized carbons (Fsp3) is 0.136. The molecule has 0 fully saturated rings. The Hall–Kier alpha value is -3.34. The van der Waals surface area contributed by atoms with E-state index in [1.54, 1.807) is 7.11 Å². The highest BCUT2D eigenvalue weighted by Crippen LogP contribution is 2.16. The minimum atomic E-state index is -0.365. The molecule has 0 aliphatic heterocycles. The fourth-order valence-electron chi connectivity index (χ4n) is 2.66. The molecule has 0 atom stereocenters. The molecule has 1 amide bonds. The molecule has 5 heteroatoms. The van der Waals surface area contributed by atoms with Crippen molar-refractivity contribution in [2.75, 3.05) is 24.3 Å². The van der Waals surface area contributed by atoms with Crippen LogP contribution >= 0.6 is 0 Å². The Kier molecular flexibility index (Phi) is 6.05. The van der Waals surface area contributed by atoms with E-state index in [0.717, 1.165) is 24.4 Å². The summed E-state index contributed by atoms with van der Waals surface area (Å²) < 4.78 is 18.2. The molecule has 0 saturated heterocycles. The minimum Gasteiger partial charge on any atom is -0.497 e. The van der Waals surface area contributed by atoms with Crippen molar-refractivity contribution in [3.63, 3.8) is 0 Å². The lowest BCUT2D eigenvalue weighted by atomic mass is 10.1. The maximum absolute atomic E-state index is 12.9. The number of halogens is 1. The van der Waals surface area contributed by atoms with Gasteiger partial charge in [0, 0.05) is 23.5 Å². The van der Waals surface area contributed by atoms with Crippen LogP contribution in [-0.4, -0.2) is 19.6 Å². The van der Waals surface area contributed by atoms with E-state index < -0.39 is 0 Å². The van der Waals surface area contributed by atoms with E-state index in [0.29, 0.717) is 11.3 Å². The van der Waals surface area contributed by atoms with Gasteiger partial charge < -0.3 is 15.4 Å². The van der Waals surface area contributed by atoms with Crippen molar-refractivity contribution in [2.45, 2.75) is 6.42 Å². The fourth-order valence-corrected chi connectivity index (χ4v) is 2.66. The molecule has 2 N–H and O–H groups in total. The Bertz CT molecular complexity index is 893. The molecule has 138 valence electrons. The normalized spacial score (nSPS) is 10.3. The molecule has 4 nitrogen and oxygen atoms in total. The van der Waals surface area contributed by atoms with E-state index >= 15 is 0 Å². The highest BCUT2D eigenvalue weighted by molar-refractivity contribution is 6.04. The molecule has 3 aromatic carbocycles. The summed E-state index contributed by atoms with van der Waals surface area (Å²) in [5.74, 6) is 0.221. The number of carbonyl (C=O) groups is 1. The average Bonchev–Trinajstić information content (AvgIpc) is 2.70. The van der Waals surface area contributed by atoms with Gasteiger partial charge in [-0.25, -0.2) is 4.39 Å². The monoisotopic (exact) mass is 364 g/mol. The number of benzene rings is 3. The number of hydrogen-bond donors (Lipinski definition) is 2. The quantitative estimate of drug-likeness (QED) is 0.637. The van der Waals surface area contributed by atoms with E-state index in [1.807, 2.05) is 42.5 Å². The van der Waals surface area contributed by atoms with Gasteiger partial charge in [0.1, 0.15) is 11.6 Å². The number of rotatable bonds is 7. The van der Waals surface area contributed by atoms with E-state index in [-0.39, 0.29) is 11.7 Å². The molecule has 27 heavy (non-hydrogen) atoms. The molecular formula is C22H21FN2O2. The van der Waals surface area contributed by atoms with Crippen LogP contribution in [0.2, 0.25) is 0 Å². The van der Waals surface area contributed by atoms with Gasteiger partial charge in [-0.15, -0.1) is 0 Å². The second-order valence-corrected chi connectivity index (χ2v) is 6.07. The predicted octanol–water partition coefficient (Wildman–Crippen LogP) is 4.74. The number of nitrogens with one attached hydrogen (secondary N) is 2. The lowest BCUT2D eigenvalue weighted by Gasteiger charge is -2.09. The van der Waals surface area contributed by atoms with Crippen LogP contribution in [0.25, 0.3) is 0 Å². The maximum Gasteiger partial charge on any atom is 0.255 e. The standard InChI is InChI=1S/C22H21FN2O2/c1-27-21-4-2-3-16(15-21)13-14-24-19-9-11-20(12-10-19)25-22(26)17-5-7-18(23)8-6-17/h2-12,15,24H,13-14H2,1H3,(H,25,26). The first-order valence-corrected chi connectivity index (χ1v) is 8.68. The number of carbonyl (C=O) groups excluding carboxylic acids is 1. The van der Waals surface area contributed by atoms with E-state index in [9.17, 15) is 9.18 Å². The summed E-state index contributed by atoms with van der Waals surface area (Å²) in [6, 6.07) is 20.9. The lowest BCUT2D eigenvalue weighted by molar-refractivity contribution is 0.102. The van der Waals surface area contributed by atoms with Crippen molar-refractivity contribution in [1.29, 1.82) is 0 Å². The number of hydrogen-bond acceptors (Lipinski definition) is 3. The van der Waals surface area contributed by atoms with Crippen LogP contribution < -0.4 is 15.4 Å². The smallest absolute Gasteiger partial charge is 0.255 e. The van der Waals surface area contributed by atoms with Crippen molar-refractivity contribution in [3.8, 4) is 5.75 Å². The Morgan fingerprint density at radius 3 is 2.37 bits per heavy atom. The van der Waals surface area contributed by atoms with Crippen molar-refractivity contribution in [2.24, 2.45) is 0 Å². The lowest BCUT2D eigenvalue weighted by Crippen LogP contribution is -2.12. The first kappa shape index (κ1) is 18.5. The third-order valence-electron chi connectivity index (χ3n) is 4.13. The number of anilines is 2. The first-order chi connectivity index (χ1) is 13.1. The molecule has 0 aromatic heterocycles. The largest absolute Gasteiger partial charge is 0.497 e. The van der Waals surface area contributed by atoms with Crippen molar-refractivity contribution in [1.82, 2.24) is 0 Å². The Morgan fingerprint density at radius 1 is 0.963 bits per heavy atom. The summed E-state index contributed by atoms with van der Waals surface area (Å²) in [7, 11) is 1.66. The van der Waals surface area contributed by atoms with E-state index in [1.165, 1.54) is 29.8 Å². The highest BCUT2D eigenvalue weighted by Gasteiger charge is 2.06. The van der Waals surface area contributed by atoms with Gasteiger partial charge in [-0.2, -0.15) is 0 Å². The number of amides is 1. The SMILES string of the molecule is COc1cccc(CCNc2ccc(NC(=O)c3ccc(F)cc3)cc2)c1. The zero-order valence-electron chi connectivity index (χ0n) is 15.0. The predicted molar refractivity (Wildman–Crippen MR) is 106 cm³/mol. The van der Waals surface area contributed by atoms with Crippen molar-refractivity contribution < 1.29 is 13.9 Å². The van der Waals surface area contributed by atoms with Gasteiger partial charge in [0.2, 0.25) is 0 Å². The zero-order chi connectivity index (χ0) is 19.1. The number of methoxy groups -OCH3 is 1. The highest BCUT2D eigenvalue weighted by atomic mass is 19.1. The molecule has 0 bridgehead atoms. The van der Waals surface area contributed by atoms with Crippen LogP contribution in [0.5, 0.6) is 5.75 Å². The molecular weight excluding hydrogens is 343 g/mol. The summed E-state index contributed by atoms with van der Waals surface area (Å²) in [4.78, 5) is 12.1. The summed E-state index contributed by atoms with van der Waals surface area (Å²) in [5, 5.41) is 6.15. The molecule has 0 saturated carbocycles. The van der Waals surface area contributed by atoms with Crippen LogP contribution in [0.1, 0.15) is 15.9 Å². The van der Waals surface area contributed by atoms with Crippen LogP contribution in [-0.2, 0) is 6.42 Å². The third kappa shape index (κ3) is 5.31. The summed E-state index contributed by atoms with van der Waals surface area (Å²) >= 11 is 0. The van der Waals surface area contributed by atoms with Gasteiger partial charge in [0.05, 0.1) is 7.11 Å². The van der Waals surface area contributed by atoms with Gasteiger partial charge in [-0.05, 0) is 72.6 Å². The molecule has 0 spiro atoms. The summed E-state index contributed by atoms with van der Waals surface area (Å²) in [6.07, 6.45) is 0.875. The maximum atomic E-state index is 12.9. The summed E-state index contributed by atoms with van der Waals surface area (Å²) in [5.41, 5.74) is 3.27. The van der Waals surface area contributed by atoms with Gasteiger partial charge in [0.25, 0.3) is 5.91 Å². The van der Waals surface area contributed by atoms with Gasteiger partial charge in [-0.3, -0.25) is 4.79 Å². The number of ether oxygens (including phenoxy) is 1. The van der Waals surface area contributed by atoms with Crippen LogP contribution in [0.4, 0.5) is 15.8 Å². The molecule has 3 aromatic rings. The molecule has 0 aliphatic carbocycles. The second kappa shape index (κ2) is 8.85. The van der Waals surface area contributed by atoms with Gasteiger partial charge in [0.15, 0.2) is 0 Å². The molecule has 0 unspecified atom stereocenters. The Morgan fingerprint density at radius 2 is 1.67 bits per heavy atom. The topological polar surface area (TPSA) is 50.4 Å². The van der Waals surface area contributed by atoms with Crippen LogP contribution in [0, 0.1) is 5.82 Å². The van der Waals surface area contributed by atoms with Crippen LogP contribution in [0.15, 0.2) is 72.8 Å².